The SMILES string of the molecule is CN(C)CCNC(=O)N1CCN(c2ccc(C(=O)O)cc2)CC1.[NaH]. The number of urea groups is 1. The molecule has 0 aromatic heterocycles. The van der Waals surface area contributed by atoms with Gasteiger partial charge in [0.15, 0.2) is 0 Å². The van der Waals surface area contributed by atoms with Crippen LogP contribution in [0.15, 0.2) is 24.3 Å². The average molecular weight is 344 g/mol. The van der Waals surface area contributed by atoms with E-state index in [0.717, 1.165) is 25.3 Å². The fourth-order valence-electron chi connectivity index (χ4n) is 2.48. The van der Waals surface area contributed by atoms with Crippen molar-refractivity contribution in [3.8, 4) is 0 Å². The van der Waals surface area contributed by atoms with E-state index in [1.165, 1.54) is 0 Å². The summed E-state index contributed by atoms with van der Waals surface area (Å²) in [6.07, 6.45) is 0. The topological polar surface area (TPSA) is 76.1 Å². The Morgan fingerprint density at radius 3 is 2.21 bits per heavy atom. The minimum atomic E-state index is -0.921. The van der Waals surface area contributed by atoms with Crippen molar-refractivity contribution in [3.05, 3.63) is 29.8 Å². The number of carboxylic acid groups (broad SMARTS) is 1. The number of aromatic carboxylic acids is 1. The van der Waals surface area contributed by atoms with Gasteiger partial charge in [-0.05, 0) is 38.4 Å². The summed E-state index contributed by atoms with van der Waals surface area (Å²) in [7, 11) is 3.95. The molecule has 2 rings (SSSR count). The summed E-state index contributed by atoms with van der Waals surface area (Å²) in [5.41, 5.74) is 1.27. The van der Waals surface area contributed by atoms with Gasteiger partial charge in [0, 0.05) is 45.0 Å². The van der Waals surface area contributed by atoms with Gasteiger partial charge in [-0.3, -0.25) is 0 Å². The molecule has 0 unspecified atom stereocenters. The van der Waals surface area contributed by atoms with Crippen LogP contribution < -0.4 is 10.2 Å². The Balaban J connectivity index is 0.00000288. The summed E-state index contributed by atoms with van der Waals surface area (Å²) < 4.78 is 0. The van der Waals surface area contributed by atoms with Crippen molar-refractivity contribution in [2.75, 3.05) is 58.3 Å². The monoisotopic (exact) mass is 344 g/mol. The first-order valence-electron chi connectivity index (χ1n) is 7.73. The summed E-state index contributed by atoms with van der Waals surface area (Å²) in [5, 5.41) is 11.8. The van der Waals surface area contributed by atoms with Crippen molar-refractivity contribution < 1.29 is 14.7 Å². The number of carbonyl (C=O) groups excluding carboxylic acids is 1. The van der Waals surface area contributed by atoms with Crippen molar-refractivity contribution in [1.29, 1.82) is 0 Å². The van der Waals surface area contributed by atoms with Gasteiger partial charge in [0.05, 0.1) is 5.56 Å². The molecule has 0 saturated carbocycles. The Hall–Kier alpha value is -1.28. The average Bonchev–Trinajstić information content (AvgIpc) is 2.54. The number of amides is 2. The van der Waals surface area contributed by atoms with Crippen LogP contribution in [0.1, 0.15) is 10.4 Å². The summed E-state index contributed by atoms with van der Waals surface area (Å²) in [6.45, 7) is 4.27. The van der Waals surface area contributed by atoms with E-state index >= 15 is 0 Å². The molecule has 1 fully saturated rings. The van der Waals surface area contributed by atoms with Gasteiger partial charge in [0.2, 0.25) is 0 Å². The number of nitrogens with one attached hydrogen (secondary N) is 1. The second-order valence-electron chi connectivity index (χ2n) is 5.86. The van der Waals surface area contributed by atoms with Crippen LogP contribution in [0.2, 0.25) is 0 Å². The molecule has 2 amide bonds. The molecule has 1 aliphatic heterocycles. The molecule has 1 aromatic rings. The predicted octanol–water partition coefficient (Wildman–Crippen LogP) is 0.130. The van der Waals surface area contributed by atoms with Crippen molar-refractivity contribution >= 4 is 47.2 Å². The second-order valence-corrected chi connectivity index (χ2v) is 5.86. The second kappa shape index (κ2) is 9.88. The Morgan fingerprint density at radius 2 is 1.71 bits per heavy atom. The number of carboxylic acids is 1. The van der Waals surface area contributed by atoms with Gasteiger partial charge in [-0.25, -0.2) is 9.59 Å². The summed E-state index contributed by atoms with van der Waals surface area (Å²) in [5.74, 6) is -0.921. The van der Waals surface area contributed by atoms with Gasteiger partial charge in [0.25, 0.3) is 0 Å². The molecule has 2 N–H and O–H groups in total. The Morgan fingerprint density at radius 1 is 1.12 bits per heavy atom. The quantitative estimate of drug-likeness (QED) is 0.743. The van der Waals surface area contributed by atoms with Gasteiger partial charge >= 0.3 is 41.6 Å². The van der Waals surface area contributed by atoms with E-state index in [1.54, 1.807) is 12.1 Å². The number of carbonyl (C=O) groups is 2. The van der Waals surface area contributed by atoms with E-state index in [1.807, 2.05) is 36.0 Å². The third-order valence-electron chi connectivity index (χ3n) is 3.88. The molecule has 24 heavy (non-hydrogen) atoms. The number of hydrogen-bond acceptors (Lipinski definition) is 4. The van der Waals surface area contributed by atoms with Gasteiger partial charge in [-0.2, -0.15) is 0 Å². The van der Waals surface area contributed by atoms with Crippen molar-refractivity contribution in [2.24, 2.45) is 0 Å². The first-order chi connectivity index (χ1) is 11.0. The van der Waals surface area contributed by atoms with Crippen LogP contribution >= 0.6 is 0 Å². The maximum absolute atomic E-state index is 12.1. The van der Waals surface area contributed by atoms with Gasteiger partial charge in [-0.15, -0.1) is 0 Å². The summed E-state index contributed by atoms with van der Waals surface area (Å²) in [6, 6.07) is 6.83. The number of piperazine rings is 1. The number of likely N-dealkylation sites (N-methyl/N-ethyl adjacent to an activating group) is 1. The van der Waals surface area contributed by atoms with E-state index in [2.05, 4.69) is 10.2 Å². The van der Waals surface area contributed by atoms with Crippen LogP contribution in [0.4, 0.5) is 10.5 Å². The van der Waals surface area contributed by atoms with Crippen LogP contribution in [0.25, 0.3) is 0 Å². The van der Waals surface area contributed by atoms with Crippen LogP contribution in [-0.2, 0) is 0 Å². The standard InChI is InChI=1S/C16H24N4O3.Na.H/c1-18(2)8-7-17-16(23)20-11-9-19(10-12-20)14-5-3-13(4-6-14)15(21)22;;/h3-6H,7-12H2,1-2H3,(H,17,23)(H,21,22);;. The van der Waals surface area contributed by atoms with E-state index in [9.17, 15) is 9.59 Å². The van der Waals surface area contributed by atoms with E-state index in [4.69, 9.17) is 5.11 Å². The fraction of sp³-hybridized carbons (Fsp3) is 0.500. The van der Waals surface area contributed by atoms with Gasteiger partial charge in [0.1, 0.15) is 0 Å². The summed E-state index contributed by atoms with van der Waals surface area (Å²) in [4.78, 5) is 28.9. The molecule has 0 atom stereocenters. The molecule has 0 radical (unpaired) electrons. The number of rotatable bonds is 5. The zero-order valence-corrected chi connectivity index (χ0v) is 13.7. The number of anilines is 1. The molecule has 0 aliphatic carbocycles. The number of hydrogen-bond donors (Lipinski definition) is 2. The van der Waals surface area contributed by atoms with Crippen LogP contribution in [0.3, 0.4) is 0 Å². The molecule has 0 spiro atoms. The Bertz CT molecular complexity index is 543. The van der Waals surface area contributed by atoms with Crippen molar-refractivity contribution in [3.63, 3.8) is 0 Å². The molecule has 0 bridgehead atoms. The number of benzene rings is 1. The van der Waals surface area contributed by atoms with Crippen LogP contribution in [0.5, 0.6) is 0 Å². The summed E-state index contributed by atoms with van der Waals surface area (Å²) >= 11 is 0. The first-order valence-corrected chi connectivity index (χ1v) is 7.73. The first kappa shape index (κ1) is 20.8. The molecular weight excluding hydrogens is 319 g/mol. The van der Waals surface area contributed by atoms with Crippen LogP contribution in [-0.4, -0.2) is 110 Å². The molecule has 7 nitrogen and oxygen atoms in total. The molecular formula is C16H25N4NaO3. The molecule has 1 aromatic carbocycles. The van der Waals surface area contributed by atoms with Gasteiger partial charge in [-0.1, -0.05) is 0 Å². The molecule has 8 heteroatoms. The molecule has 128 valence electrons. The molecule has 1 saturated heterocycles. The molecule has 1 heterocycles. The van der Waals surface area contributed by atoms with Crippen molar-refractivity contribution in [2.45, 2.75) is 0 Å². The zero-order valence-electron chi connectivity index (χ0n) is 13.7. The maximum atomic E-state index is 12.1. The van der Waals surface area contributed by atoms with E-state index in [-0.39, 0.29) is 41.2 Å². The van der Waals surface area contributed by atoms with E-state index in [0.29, 0.717) is 19.6 Å². The predicted molar refractivity (Wildman–Crippen MR) is 96.3 cm³/mol. The fourth-order valence-corrected chi connectivity index (χ4v) is 2.48. The van der Waals surface area contributed by atoms with Crippen LogP contribution in [0, 0.1) is 0 Å². The number of nitrogens with zero attached hydrogens (tertiary/aromatic N) is 3. The Kier molecular flexibility index (Phi) is 8.55. The minimum absolute atomic E-state index is 0. The third-order valence-corrected chi connectivity index (χ3v) is 3.88. The molecule has 1 aliphatic rings. The van der Waals surface area contributed by atoms with Gasteiger partial charge < -0.3 is 25.1 Å². The Labute approximate surface area is 164 Å². The van der Waals surface area contributed by atoms with E-state index < -0.39 is 5.97 Å². The third kappa shape index (κ3) is 5.98. The normalized spacial score (nSPS) is 14.3. The van der Waals surface area contributed by atoms with Crippen molar-refractivity contribution in [1.82, 2.24) is 15.1 Å². The zero-order chi connectivity index (χ0) is 16.8.